The molecule has 1 saturated heterocycles. The van der Waals surface area contributed by atoms with Crippen LogP contribution in [-0.2, 0) is 6.54 Å². The molecule has 0 N–H and O–H groups in total. The quantitative estimate of drug-likeness (QED) is 0.398. The summed E-state index contributed by atoms with van der Waals surface area (Å²) < 4.78 is 7.70. The topological polar surface area (TPSA) is 59.3 Å². The largest absolute Gasteiger partial charge is 0.496 e. The molecule has 7 nitrogen and oxygen atoms in total. The summed E-state index contributed by atoms with van der Waals surface area (Å²) in [5.74, 6) is 1.70. The van der Waals surface area contributed by atoms with Crippen molar-refractivity contribution >= 4 is 17.0 Å². The summed E-state index contributed by atoms with van der Waals surface area (Å²) in [4.78, 5) is 6.20. The van der Waals surface area contributed by atoms with Gasteiger partial charge in [0, 0.05) is 42.3 Å². The van der Waals surface area contributed by atoms with Crippen molar-refractivity contribution in [3.05, 3.63) is 87.4 Å². The van der Waals surface area contributed by atoms with E-state index in [1.807, 2.05) is 16.8 Å². The van der Waals surface area contributed by atoms with Gasteiger partial charge in [0.2, 0.25) is 0 Å². The van der Waals surface area contributed by atoms with E-state index in [0.717, 1.165) is 43.3 Å². The van der Waals surface area contributed by atoms with Crippen LogP contribution in [0, 0.1) is 13.8 Å². The van der Waals surface area contributed by atoms with Crippen LogP contribution in [0.4, 0.5) is 5.69 Å². The lowest BCUT2D eigenvalue weighted by Gasteiger charge is -2.40. The van der Waals surface area contributed by atoms with Crippen molar-refractivity contribution in [2.45, 2.75) is 26.4 Å². The lowest BCUT2D eigenvalue weighted by molar-refractivity contribution is 0.198. The molecule has 1 atom stereocenters. The fourth-order valence-electron chi connectivity index (χ4n) is 4.76. The number of hydrogen-bond donors (Lipinski definition) is 0. The number of tetrazole rings is 1. The third-order valence-corrected chi connectivity index (χ3v) is 7.58. The first-order chi connectivity index (χ1) is 16.7. The second kappa shape index (κ2) is 9.95. The molecule has 1 unspecified atom stereocenters. The Balaban J connectivity index is 1.46. The maximum Gasteiger partial charge on any atom is 0.173 e. The van der Waals surface area contributed by atoms with Gasteiger partial charge in [-0.05, 0) is 59.0 Å². The highest BCUT2D eigenvalue weighted by atomic mass is 32.1. The molecule has 0 saturated carbocycles. The highest BCUT2D eigenvalue weighted by Crippen LogP contribution is 2.35. The summed E-state index contributed by atoms with van der Waals surface area (Å²) in [6, 6.07) is 18.9. The van der Waals surface area contributed by atoms with E-state index in [0.29, 0.717) is 6.54 Å². The molecule has 3 heterocycles. The van der Waals surface area contributed by atoms with Crippen molar-refractivity contribution in [2.75, 3.05) is 38.2 Å². The van der Waals surface area contributed by atoms with E-state index in [1.165, 1.54) is 21.7 Å². The first kappa shape index (κ1) is 22.6. The fraction of sp³-hybridized carbons (Fsp3) is 0.346. The summed E-state index contributed by atoms with van der Waals surface area (Å²) >= 11 is 1.72. The van der Waals surface area contributed by atoms with E-state index in [4.69, 9.17) is 4.74 Å². The number of nitrogens with zero attached hydrogens (tertiary/aromatic N) is 6. The van der Waals surface area contributed by atoms with Gasteiger partial charge in [-0.25, -0.2) is 4.68 Å². The van der Waals surface area contributed by atoms with Crippen LogP contribution in [0.15, 0.2) is 60.0 Å². The van der Waals surface area contributed by atoms with Crippen LogP contribution in [-0.4, -0.2) is 58.4 Å². The number of rotatable bonds is 7. The summed E-state index contributed by atoms with van der Waals surface area (Å²) in [6.45, 7) is 8.76. The van der Waals surface area contributed by atoms with Gasteiger partial charge in [0.05, 0.1) is 13.7 Å². The molecule has 34 heavy (non-hydrogen) atoms. The number of methoxy groups -OCH3 is 1. The first-order valence-corrected chi connectivity index (χ1v) is 12.5. The molecule has 0 radical (unpaired) electrons. The number of thiophene rings is 1. The number of ether oxygens (including phenoxy) is 1. The lowest BCUT2D eigenvalue weighted by Crippen LogP contribution is -2.48. The summed E-state index contributed by atoms with van der Waals surface area (Å²) in [6.07, 6.45) is 0. The van der Waals surface area contributed by atoms with Crippen molar-refractivity contribution in [3.8, 4) is 5.75 Å². The average Bonchev–Trinajstić information content (AvgIpc) is 3.55. The minimum atomic E-state index is -0.0909. The predicted octanol–water partition coefficient (Wildman–Crippen LogP) is 4.32. The zero-order chi connectivity index (χ0) is 23.5. The van der Waals surface area contributed by atoms with Crippen LogP contribution in [0.3, 0.4) is 0 Å². The van der Waals surface area contributed by atoms with E-state index < -0.39 is 0 Å². The number of aromatic nitrogens is 4. The Morgan fingerprint density at radius 2 is 1.79 bits per heavy atom. The van der Waals surface area contributed by atoms with Gasteiger partial charge in [-0.2, -0.15) is 0 Å². The van der Waals surface area contributed by atoms with Crippen molar-refractivity contribution in [1.29, 1.82) is 0 Å². The zero-order valence-electron chi connectivity index (χ0n) is 19.9. The minimum Gasteiger partial charge on any atom is -0.496 e. The van der Waals surface area contributed by atoms with Crippen molar-refractivity contribution in [1.82, 2.24) is 25.1 Å². The Labute approximate surface area is 204 Å². The Morgan fingerprint density at radius 1 is 0.971 bits per heavy atom. The van der Waals surface area contributed by atoms with Crippen LogP contribution in [0.2, 0.25) is 0 Å². The molecule has 1 fully saturated rings. The van der Waals surface area contributed by atoms with Gasteiger partial charge >= 0.3 is 0 Å². The van der Waals surface area contributed by atoms with Gasteiger partial charge in [0.1, 0.15) is 11.8 Å². The second-order valence-electron chi connectivity index (χ2n) is 8.66. The van der Waals surface area contributed by atoms with Crippen molar-refractivity contribution in [3.63, 3.8) is 0 Å². The number of hydrogen-bond acceptors (Lipinski definition) is 7. The third-order valence-electron chi connectivity index (χ3n) is 6.72. The number of benzene rings is 2. The third kappa shape index (κ3) is 4.43. The predicted molar refractivity (Wildman–Crippen MR) is 136 cm³/mol. The second-order valence-corrected chi connectivity index (χ2v) is 9.69. The maximum atomic E-state index is 5.77. The molecule has 8 heteroatoms. The molecule has 2 aromatic heterocycles. The molecular formula is C26H30N6OS. The fourth-order valence-corrected chi connectivity index (χ4v) is 5.45. The highest BCUT2D eigenvalue weighted by molar-refractivity contribution is 7.09. The Bertz CT molecular complexity index is 1230. The van der Waals surface area contributed by atoms with Crippen LogP contribution in [0.25, 0.3) is 0 Å². The van der Waals surface area contributed by atoms with E-state index in [1.54, 1.807) is 18.4 Å². The van der Waals surface area contributed by atoms with Crippen LogP contribution in [0.5, 0.6) is 5.75 Å². The summed E-state index contributed by atoms with van der Waals surface area (Å²) in [7, 11) is 1.73. The normalized spacial score (nSPS) is 15.4. The molecule has 0 spiro atoms. The first-order valence-electron chi connectivity index (χ1n) is 11.6. The Kier molecular flexibility index (Phi) is 6.60. The van der Waals surface area contributed by atoms with Crippen LogP contribution >= 0.6 is 11.3 Å². The Morgan fingerprint density at radius 3 is 2.56 bits per heavy atom. The molecule has 1 aliphatic heterocycles. The van der Waals surface area contributed by atoms with Gasteiger partial charge in [-0.3, -0.25) is 4.90 Å². The van der Waals surface area contributed by atoms with Gasteiger partial charge in [0.15, 0.2) is 5.82 Å². The van der Waals surface area contributed by atoms with E-state index in [-0.39, 0.29) is 6.04 Å². The van der Waals surface area contributed by atoms with Crippen LogP contribution < -0.4 is 9.64 Å². The molecule has 5 rings (SSSR count). The summed E-state index contributed by atoms with van der Waals surface area (Å²) in [5, 5.41) is 15.0. The molecule has 2 aromatic carbocycles. The summed E-state index contributed by atoms with van der Waals surface area (Å²) in [5.41, 5.74) is 5.11. The number of para-hydroxylation sites is 1. The molecule has 176 valence electrons. The van der Waals surface area contributed by atoms with Gasteiger partial charge in [0.25, 0.3) is 0 Å². The standard InChI is InChI=1S/C26H30N6OS/c1-19-8-6-11-23(20(19)2)30-13-15-31(16-14-30)25(22-10-4-5-12-24(22)33-3)26-27-28-29-32(26)18-21-9-7-17-34-21/h4-12,17,25H,13-16,18H2,1-3H3. The highest BCUT2D eigenvalue weighted by Gasteiger charge is 2.32. The van der Waals surface area contributed by atoms with Crippen molar-refractivity contribution in [2.24, 2.45) is 0 Å². The van der Waals surface area contributed by atoms with E-state index in [2.05, 4.69) is 87.0 Å². The number of anilines is 1. The Hall–Kier alpha value is -3.23. The molecule has 0 amide bonds. The smallest absolute Gasteiger partial charge is 0.173 e. The molecular weight excluding hydrogens is 444 g/mol. The average molecular weight is 475 g/mol. The lowest BCUT2D eigenvalue weighted by atomic mass is 10.0. The minimum absolute atomic E-state index is 0.0909. The van der Waals surface area contributed by atoms with E-state index >= 15 is 0 Å². The van der Waals surface area contributed by atoms with E-state index in [9.17, 15) is 0 Å². The molecule has 0 bridgehead atoms. The zero-order valence-corrected chi connectivity index (χ0v) is 20.7. The molecule has 0 aliphatic carbocycles. The maximum absolute atomic E-state index is 5.77. The van der Waals surface area contributed by atoms with Gasteiger partial charge < -0.3 is 9.64 Å². The molecule has 1 aliphatic rings. The molecule has 4 aromatic rings. The number of aryl methyl sites for hydroxylation is 1. The van der Waals surface area contributed by atoms with Gasteiger partial charge in [-0.1, -0.05) is 36.4 Å². The SMILES string of the molecule is COc1ccccc1C(c1nnnn1Cc1cccs1)N1CCN(c2cccc(C)c2C)CC1. The van der Waals surface area contributed by atoms with Crippen LogP contribution in [0.1, 0.15) is 33.4 Å². The van der Waals surface area contributed by atoms with Crippen molar-refractivity contribution < 1.29 is 4.74 Å². The monoisotopic (exact) mass is 474 g/mol. The number of piperazine rings is 1. The van der Waals surface area contributed by atoms with Gasteiger partial charge in [-0.15, -0.1) is 16.4 Å².